The van der Waals surface area contributed by atoms with E-state index < -0.39 is 75.9 Å². The number of aliphatic hydroxyl groups is 1. The number of aromatic hydroxyl groups is 1. The Balaban J connectivity index is 1.71. The van der Waals surface area contributed by atoms with Crippen molar-refractivity contribution in [3.8, 4) is 11.5 Å². The van der Waals surface area contributed by atoms with E-state index in [0.717, 1.165) is 6.07 Å². The zero-order chi connectivity index (χ0) is 27.1. The largest absolute Gasteiger partial charge is 0.507 e. The standard InChI is InChI=1S/C26H25FN2O8/c1-29(2)18-14-7-9-6-13-16(19(30)12-8-10(27)4-5-11(12)22(13)37-3)20(31)15(9)23(33)26(14,36)24(34)17(21(18)32)25(28)35/h4-5,8-9,14-15,17-18,30,36H,6-7H2,1-3H3,(H2,28,35)/t9-,14-,15?,17?,18-,26-/m0/s1. The molecule has 0 bridgehead atoms. The van der Waals surface area contributed by atoms with E-state index in [1.807, 2.05) is 0 Å². The number of primary amides is 1. The zero-order valence-corrected chi connectivity index (χ0v) is 20.3. The smallest absolute Gasteiger partial charge is 0.235 e. The number of benzene rings is 2. The van der Waals surface area contributed by atoms with Crippen molar-refractivity contribution in [3.63, 3.8) is 0 Å². The van der Waals surface area contributed by atoms with Gasteiger partial charge in [-0.2, -0.15) is 0 Å². The molecule has 6 atom stereocenters. The van der Waals surface area contributed by atoms with Crippen molar-refractivity contribution in [2.45, 2.75) is 24.5 Å². The van der Waals surface area contributed by atoms with Gasteiger partial charge in [0.1, 0.15) is 17.3 Å². The summed E-state index contributed by atoms with van der Waals surface area (Å²) in [6, 6.07) is 2.45. The number of carbonyl (C=O) groups is 5. The number of halogens is 1. The van der Waals surface area contributed by atoms with Crippen molar-refractivity contribution in [1.29, 1.82) is 0 Å². The maximum atomic E-state index is 14.0. The molecule has 2 fully saturated rings. The Kier molecular flexibility index (Phi) is 5.50. The molecule has 0 aliphatic heterocycles. The molecule has 3 aliphatic rings. The summed E-state index contributed by atoms with van der Waals surface area (Å²) in [6.45, 7) is 0. The molecule has 0 aromatic heterocycles. The minimum Gasteiger partial charge on any atom is -0.507 e. The van der Waals surface area contributed by atoms with E-state index in [-0.39, 0.29) is 29.5 Å². The topological polar surface area (TPSA) is 164 Å². The highest BCUT2D eigenvalue weighted by Crippen LogP contribution is 2.53. The maximum absolute atomic E-state index is 14.0. The van der Waals surface area contributed by atoms with Crippen LogP contribution in [0.5, 0.6) is 11.5 Å². The van der Waals surface area contributed by atoms with Crippen LogP contribution in [0.2, 0.25) is 0 Å². The molecular weight excluding hydrogens is 487 g/mol. The summed E-state index contributed by atoms with van der Waals surface area (Å²) in [6.07, 6.45) is -0.0227. The number of phenolic OH excluding ortho intramolecular Hbond substituents is 1. The van der Waals surface area contributed by atoms with Crippen LogP contribution < -0.4 is 10.5 Å². The number of hydrogen-bond donors (Lipinski definition) is 3. The van der Waals surface area contributed by atoms with E-state index in [4.69, 9.17) is 10.5 Å². The number of fused-ring (bicyclic) bond motifs is 4. The van der Waals surface area contributed by atoms with Crippen LogP contribution in [-0.2, 0) is 25.6 Å². The van der Waals surface area contributed by atoms with Gasteiger partial charge in [-0.25, -0.2) is 4.39 Å². The number of Topliss-reactive ketones (excluding diaryl/α,β-unsaturated/α-hetero) is 4. The van der Waals surface area contributed by atoms with Crippen LogP contribution in [0.4, 0.5) is 4.39 Å². The molecule has 2 saturated carbocycles. The Morgan fingerprint density at radius 1 is 1.16 bits per heavy atom. The third kappa shape index (κ3) is 3.13. The van der Waals surface area contributed by atoms with Gasteiger partial charge in [-0.3, -0.25) is 28.9 Å². The quantitative estimate of drug-likeness (QED) is 0.486. The molecule has 10 nitrogen and oxygen atoms in total. The van der Waals surface area contributed by atoms with Gasteiger partial charge in [0.25, 0.3) is 0 Å². The summed E-state index contributed by atoms with van der Waals surface area (Å²) >= 11 is 0. The van der Waals surface area contributed by atoms with Crippen molar-refractivity contribution in [2.24, 2.45) is 29.4 Å². The number of hydrogen-bond acceptors (Lipinski definition) is 9. The van der Waals surface area contributed by atoms with Gasteiger partial charge < -0.3 is 20.7 Å². The van der Waals surface area contributed by atoms with E-state index in [1.54, 1.807) is 0 Å². The lowest BCUT2D eigenvalue weighted by Crippen LogP contribution is -2.74. The van der Waals surface area contributed by atoms with Gasteiger partial charge in [0, 0.05) is 22.3 Å². The van der Waals surface area contributed by atoms with Gasteiger partial charge in [0.2, 0.25) is 5.91 Å². The van der Waals surface area contributed by atoms with Crippen LogP contribution in [0.15, 0.2) is 18.2 Å². The predicted molar refractivity (Wildman–Crippen MR) is 125 cm³/mol. The highest BCUT2D eigenvalue weighted by Gasteiger charge is 2.69. The first-order valence-corrected chi connectivity index (χ1v) is 11.7. The molecule has 3 aliphatic carbocycles. The molecule has 11 heteroatoms. The summed E-state index contributed by atoms with van der Waals surface area (Å²) in [7, 11) is 4.39. The van der Waals surface area contributed by atoms with Gasteiger partial charge in [-0.15, -0.1) is 0 Å². The number of nitrogens with two attached hydrogens (primary N) is 1. The van der Waals surface area contributed by atoms with Crippen molar-refractivity contribution in [2.75, 3.05) is 21.2 Å². The minimum absolute atomic E-state index is 0.00282. The molecular formula is C26H25FN2O8. The van der Waals surface area contributed by atoms with E-state index in [9.17, 15) is 38.6 Å². The number of methoxy groups -OCH3 is 1. The van der Waals surface area contributed by atoms with Crippen molar-refractivity contribution < 1.29 is 43.3 Å². The maximum Gasteiger partial charge on any atom is 0.235 e. The molecule has 4 N–H and O–H groups in total. The Bertz CT molecular complexity index is 1440. The normalized spacial score (nSPS) is 31.2. The molecule has 0 heterocycles. The average Bonchev–Trinajstić information content (AvgIpc) is 2.81. The van der Waals surface area contributed by atoms with E-state index in [0.29, 0.717) is 10.9 Å². The molecule has 1 amide bonds. The number of ether oxygens (including phenoxy) is 1. The molecule has 194 valence electrons. The van der Waals surface area contributed by atoms with Gasteiger partial charge in [0.15, 0.2) is 34.7 Å². The lowest BCUT2D eigenvalue weighted by Gasteiger charge is -2.52. The second kappa shape index (κ2) is 8.15. The second-order valence-corrected chi connectivity index (χ2v) is 10.2. The van der Waals surface area contributed by atoms with Gasteiger partial charge in [-0.1, -0.05) is 0 Å². The lowest BCUT2D eigenvalue weighted by atomic mass is 9.52. The predicted octanol–water partition coefficient (Wildman–Crippen LogP) is 0.168. The Hall–Kier alpha value is -3.70. The average molecular weight is 512 g/mol. The Labute approximate surface area is 210 Å². The fourth-order valence-corrected chi connectivity index (χ4v) is 6.64. The number of phenols is 1. The molecule has 0 radical (unpaired) electrons. The highest BCUT2D eigenvalue weighted by atomic mass is 19.1. The van der Waals surface area contributed by atoms with E-state index in [2.05, 4.69) is 0 Å². The number of ketones is 4. The molecule has 2 aromatic carbocycles. The SMILES string of the molecule is COc1c2c(c(O)c3cc(F)ccc13)C(=O)C1C(=O)[C@]3(O)C(=O)C(C(N)=O)C(=O)[C@@H](N(C)C)[C@@H]3C[C@@H]1C2. The second-order valence-electron chi connectivity index (χ2n) is 10.2. The number of rotatable bonds is 3. The fourth-order valence-electron chi connectivity index (χ4n) is 6.64. The summed E-state index contributed by atoms with van der Waals surface area (Å²) in [5, 5.41) is 23.0. The van der Waals surface area contributed by atoms with Crippen LogP contribution in [0.3, 0.4) is 0 Å². The van der Waals surface area contributed by atoms with Gasteiger partial charge >= 0.3 is 0 Å². The van der Waals surface area contributed by atoms with Crippen LogP contribution >= 0.6 is 0 Å². The highest BCUT2D eigenvalue weighted by molar-refractivity contribution is 6.32. The zero-order valence-electron chi connectivity index (χ0n) is 20.3. The van der Waals surface area contributed by atoms with Gasteiger partial charge in [0.05, 0.1) is 24.6 Å². The molecule has 37 heavy (non-hydrogen) atoms. The number of likely N-dealkylation sites (N-methyl/N-ethyl adjacent to an activating group) is 1. The van der Waals surface area contributed by atoms with Crippen molar-refractivity contribution in [3.05, 3.63) is 35.1 Å². The first-order valence-electron chi connectivity index (χ1n) is 11.7. The summed E-state index contributed by atoms with van der Waals surface area (Å²) in [4.78, 5) is 67.5. The molecule has 2 aromatic rings. The first kappa shape index (κ1) is 25.0. The number of carbonyl (C=O) groups excluding carboxylic acids is 5. The monoisotopic (exact) mass is 512 g/mol. The first-order chi connectivity index (χ1) is 17.4. The summed E-state index contributed by atoms with van der Waals surface area (Å²) in [5.41, 5.74) is 2.57. The number of nitrogens with zero attached hydrogens (tertiary/aromatic N) is 1. The third-order valence-electron chi connectivity index (χ3n) is 8.15. The lowest BCUT2D eigenvalue weighted by molar-refractivity contribution is -0.181. The van der Waals surface area contributed by atoms with E-state index >= 15 is 0 Å². The summed E-state index contributed by atoms with van der Waals surface area (Å²) in [5.74, 6) is -12.0. The van der Waals surface area contributed by atoms with Crippen LogP contribution in [-0.4, -0.2) is 77.0 Å². The number of amides is 1. The van der Waals surface area contributed by atoms with Crippen molar-refractivity contribution in [1.82, 2.24) is 4.90 Å². The Morgan fingerprint density at radius 3 is 2.43 bits per heavy atom. The molecule has 0 spiro atoms. The Morgan fingerprint density at radius 2 is 1.84 bits per heavy atom. The van der Waals surface area contributed by atoms with Crippen molar-refractivity contribution >= 4 is 39.8 Å². The van der Waals surface area contributed by atoms with Crippen LogP contribution in [0, 0.1) is 29.5 Å². The van der Waals surface area contributed by atoms with Crippen LogP contribution in [0.1, 0.15) is 22.3 Å². The molecule has 2 unspecified atom stereocenters. The van der Waals surface area contributed by atoms with E-state index in [1.165, 1.54) is 38.2 Å². The van der Waals surface area contributed by atoms with Gasteiger partial charge in [-0.05, 0) is 51.1 Å². The minimum atomic E-state index is -2.81. The fraction of sp³-hybridized carbons (Fsp3) is 0.423. The third-order valence-corrected chi connectivity index (χ3v) is 8.15. The molecule has 5 rings (SSSR count). The van der Waals surface area contributed by atoms with Crippen LogP contribution in [0.25, 0.3) is 10.8 Å². The molecule has 0 saturated heterocycles. The summed E-state index contributed by atoms with van der Waals surface area (Å²) < 4.78 is 19.5.